The van der Waals surface area contributed by atoms with Crippen molar-refractivity contribution >= 4 is 11.3 Å². The van der Waals surface area contributed by atoms with E-state index in [2.05, 4.69) is 36.3 Å². The first-order valence-electron chi connectivity index (χ1n) is 6.86. The molecule has 1 atom stereocenters. The second-order valence-corrected chi connectivity index (χ2v) is 7.21. The predicted molar refractivity (Wildman–Crippen MR) is 81.6 cm³/mol. The molecule has 110 valence electrons. The lowest BCUT2D eigenvalue weighted by Gasteiger charge is -2.29. The van der Waals surface area contributed by atoms with E-state index in [9.17, 15) is 5.11 Å². The van der Waals surface area contributed by atoms with Crippen molar-refractivity contribution in [1.29, 1.82) is 0 Å². The SMILES string of the molecule is CC(C)N(Cc1cccs1)CC(O)COC(C)(C)C. The molecular weight excluding hydrogens is 258 g/mol. The summed E-state index contributed by atoms with van der Waals surface area (Å²) in [5.74, 6) is 0. The van der Waals surface area contributed by atoms with E-state index >= 15 is 0 Å². The maximum atomic E-state index is 10.1. The molecule has 1 unspecified atom stereocenters. The van der Waals surface area contributed by atoms with Gasteiger partial charge < -0.3 is 9.84 Å². The Bertz CT molecular complexity index is 344. The molecule has 1 rings (SSSR count). The Kier molecular flexibility index (Phi) is 6.47. The molecule has 0 aliphatic rings. The fourth-order valence-electron chi connectivity index (χ4n) is 1.73. The van der Waals surface area contributed by atoms with Gasteiger partial charge in [0.2, 0.25) is 0 Å². The molecule has 1 N–H and O–H groups in total. The molecule has 0 aromatic carbocycles. The zero-order valence-electron chi connectivity index (χ0n) is 12.7. The molecule has 0 saturated heterocycles. The number of rotatable bonds is 7. The second kappa shape index (κ2) is 7.39. The van der Waals surface area contributed by atoms with E-state index in [1.165, 1.54) is 4.88 Å². The van der Waals surface area contributed by atoms with Crippen molar-refractivity contribution < 1.29 is 9.84 Å². The van der Waals surface area contributed by atoms with Crippen LogP contribution < -0.4 is 0 Å². The number of aliphatic hydroxyl groups excluding tert-OH is 1. The summed E-state index contributed by atoms with van der Waals surface area (Å²) in [6.45, 7) is 12.3. The van der Waals surface area contributed by atoms with Gasteiger partial charge in [-0.15, -0.1) is 11.3 Å². The second-order valence-electron chi connectivity index (χ2n) is 6.18. The third-order valence-corrected chi connectivity index (χ3v) is 3.68. The van der Waals surface area contributed by atoms with Gasteiger partial charge in [0.05, 0.1) is 18.3 Å². The van der Waals surface area contributed by atoms with Gasteiger partial charge in [-0.1, -0.05) is 6.07 Å². The normalized spacial score (nSPS) is 14.3. The van der Waals surface area contributed by atoms with E-state index in [0.29, 0.717) is 19.2 Å². The third-order valence-electron chi connectivity index (χ3n) is 2.82. The minimum absolute atomic E-state index is 0.197. The van der Waals surface area contributed by atoms with Crippen LogP contribution in [0.4, 0.5) is 0 Å². The van der Waals surface area contributed by atoms with Crippen molar-refractivity contribution in [1.82, 2.24) is 4.90 Å². The summed E-state index contributed by atoms with van der Waals surface area (Å²) < 4.78 is 5.63. The van der Waals surface area contributed by atoms with E-state index in [-0.39, 0.29) is 5.60 Å². The Morgan fingerprint density at radius 3 is 2.53 bits per heavy atom. The minimum Gasteiger partial charge on any atom is -0.389 e. The van der Waals surface area contributed by atoms with Crippen molar-refractivity contribution in [3.8, 4) is 0 Å². The van der Waals surface area contributed by atoms with Crippen LogP contribution in [0.5, 0.6) is 0 Å². The van der Waals surface area contributed by atoms with Gasteiger partial charge in [-0.05, 0) is 46.1 Å². The van der Waals surface area contributed by atoms with Crippen LogP contribution in [0.25, 0.3) is 0 Å². The molecule has 0 bridgehead atoms. The number of thiophene rings is 1. The molecule has 0 amide bonds. The van der Waals surface area contributed by atoms with Crippen LogP contribution in [0.2, 0.25) is 0 Å². The maximum absolute atomic E-state index is 10.1. The van der Waals surface area contributed by atoms with Gasteiger partial charge >= 0.3 is 0 Å². The molecule has 0 saturated carbocycles. The Labute approximate surface area is 121 Å². The summed E-state index contributed by atoms with van der Waals surface area (Å²) in [6.07, 6.45) is -0.443. The van der Waals surface area contributed by atoms with Gasteiger partial charge in [0.15, 0.2) is 0 Å². The van der Waals surface area contributed by atoms with Gasteiger partial charge in [0.1, 0.15) is 0 Å². The maximum Gasteiger partial charge on any atom is 0.0900 e. The number of nitrogens with zero attached hydrogens (tertiary/aromatic N) is 1. The fourth-order valence-corrected chi connectivity index (χ4v) is 2.46. The Morgan fingerprint density at radius 2 is 2.05 bits per heavy atom. The van der Waals surface area contributed by atoms with Crippen LogP contribution in [0.15, 0.2) is 17.5 Å². The highest BCUT2D eigenvalue weighted by Gasteiger charge is 2.18. The topological polar surface area (TPSA) is 32.7 Å². The zero-order valence-corrected chi connectivity index (χ0v) is 13.5. The van der Waals surface area contributed by atoms with Gasteiger partial charge in [-0.3, -0.25) is 4.90 Å². The summed E-state index contributed by atoms with van der Waals surface area (Å²) in [5.41, 5.74) is -0.197. The molecule has 0 radical (unpaired) electrons. The average Bonchev–Trinajstić information content (AvgIpc) is 2.77. The van der Waals surface area contributed by atoms with Crippen molar-refractivity contribution in [2.24, 2.45) is 0 Å². The lowest BCUT2D eigenvalue weighted by atomic mass is 10.2. The van der Waals surface area contributed by atoms with E-state index < -0.39 is 6.10 Å². The highest BCUT2D eigenvalue weighted by molar-refractivity contribution is 7.09. The zero-order chi connectivity index (χ0) is 14.5. The third kappa shape index (κ3) is 7.06. The van der Waals surface area contributed by atoms with E-state index in [1.807, 2.05) is 20.8 Å². The smallest absolute Gasteiger partial charge is 0.0900 e. The summed E-state index contributed by atoms with van der Waals surface area (Å²) in [7, 11) is 0. The van der Waals surface area contributed by atoms with Crippen molar-refractivity contribution in [3.63, 3.8) is 0 Å². The molecule has 19 heavy (non-hydrogen) atoms. The van der Waals surface area contributed by atoms with E-state index in [0.717, 1.165) is 6.54 Å². The molecule has 0 aliphatic carbocycles. The molecule has 0 spiro atoms. The Hall–Kier alpha value is -0.420. The first-order chi connectivity index (χ1) is 8.78. The molecule has 1 heterocycles. The number of aliphatic hydroxyl groups is 1. The first kappa shape index (κ1) is 16.6. The van der Waals surface area contributed by atoms with Crippen LogP contribution in [-0.2, 0) is 11.3 Å². The number of hydrogen-bond donors (Lipinski definition) is 1. The van der Waals surface area contributed by atoms with Gasteiger partial charge in [-0.2, -0.15) is 0 Å². The average molecular weight is 285 g/mol. The van der Waals surface area contributed by atoms with Gasteiger partial charge in [0, 0.05) is 24.0 Å². The lowest BCUT2D eigenvalue weighted by Crippen LogP contribution is -2.39. The molecule has 0 fully saturated rings. The predicted octanol–water partition coefficient (Wildman–Crippen LogP) is 3.13. The van der Waals surface area contributed by atoms with Gasteiger partial charge in [0.25, 0.3) is 0 Å². The van der Waals surface area contributed by atoms with Gasteiger partial charge in [-0.25, -0.2) is 0 Å². The molecule has 1 aromatic heterocycles. The molecular formula is C15H27NO2S. The van der Waals surface area contributed by atoms with Crippen LogP contribution >= 0.6 is 11.3 Å². The van der Waals surface area contributed by atoms with Crippen LogP contribution in [0.3, 0.4) is 0 Å². The van der Waals surface area contributed by atoms with Crippen molar-refractivity contribution in [3.05, 3.63) is 22.4 Å². The minimum atomic E-state index is -0.443. The standard InChI is InChI=1S/C15H27NO2S/c1-12(2)16(10-14-7-6-8-19-14)9-13(17)11-18-15(3,4)5/h6-8,12-13,17H,9-11H2,1-5H3. The van der Waals surface area contributed by atoms with Crippen molar-refractivity contribution in [2.45, 2.75) is 58.9 Å². The Balaban J connectivity index is 2.44. The lowest BCUT2D eigenvalue weighted by molar-refractivity contribution is -0.0586. The molecule has 4 heteroatoms. The van der Waals surface area contributed by atoms with Crippen LogP contribution in [0.1, 0.15) is 39.5 Å². The largest absolute Gasteiger partial charge is 0.389 e. The number of ether oxygens (including phenoxy) is 1. The monoisotopic (exact) mass is 285 g/mol. The van der Waals surface area contributed by atoms with Crippen LogP contribution in [0, 0.1) is 0 Å². The quantitative estimate of drug-likeness (QED) is 0.835. The summed E-state index contributed by atoms with van der Waals surface area (Å²) in [5, 5.41) is 12.2. The summed E-state index contributed by atoms with van der Waals surface area (Å²) in [6, 6.07) is 4.61. The number of hydrogen-bond acceptors (Lipinski definition) is 4. The van der Waals surface area contributed by atoms with Crippen molar-refractivity contribution in [2.75, 3.05) is 13.2 Å². The highest BCUT2D eigenvalue weighted by atomic mass is 32.1. The molecule has 3 nitrogen and oxygen atoms in total. The highest BCUT2D eigenvalue weighted by Crippen LogP contribution is 2.15. The Morgan fingerprint density at radius 1 is 1.37 bits per heavy atom. The fraction of sp³-hybridized carbons (Fsp3) is 0.733. The van der Waals surface area contributed by atoms with Crippen LogP contribution in [-0.4, -0.2) is 40.9 Å². The molecule has 1 aromatic rings. The molecule has 0 aliphatic heterocycles. The first-order valence-corrected chi connectivity index (χ1v) is 7.74. The summed E-state index contributed by atoms with van der Waals surface area (Å²) in [4.78, 5) is 3.61. The van der Waals surface area contributed by atoms with E-state index in [4.69, 9.17) is 4.74 Å². The summed E-state index contributed by atoms with van der Waals surface area (Å²) >= 11 is 1.76. The van der Waals surface area contributed by atoms with E-state index in [1.54, 1.807) is 11.3 Å².